The number of para-hydroxylation sites is 1. The summed E-state index contributed by atoms with van der Waals surface area (Å²) in [6.07, 6.45) is 0. The molecule has 0 spiro atoms. The van der Waals surface area contributed by atoms with E-state index in [2.05, 4.69) is 10.5 Å². The molecule has 5 nitrogen and oxygen atoms in total. The summed E-state index contributed by atoms with van der Waals surface area (Å²) in [6.45, 7) is 1.87. The molecule has 2 aromatic rings. The summed E-state index contributed by atoms with van der Waals surface area (Å²) in [5, 5.41) is 4.73. The number of halogens is 1. The van der Waals surface area contributed by atoms with E-state index in [1.54, 1.807) is 43.3 Å². The van der Waals surface area contributed by atoms with E-state index < -0.39 is 0 Å². The van der Waals surface area contributed by atoms with E-state index in [0.717, 1.165) is 0 Å². The summed E-state index contributed by atoms with van der Waals surface area (Å²) in [6, 6.07) is 14.0. The maximum Gasteiger partial charge on any atom is 0.261 e. The molecule has 0 saturated heterocycles. The van der Waals surface area contributed by atoms with Crippen molar-refractivity contribution in [2.45, 2.75) is 6.92 Å². The van der Waals surface area contributed by atoms with Crippen LogP contribution in [0.3, 0.4) is 0 Å². The zero-order valence-corrected chi connectivity index (χ0v) is 13.2. The predicted octanol–water partition coefficient (Wildman–Crippen LogP) is 3.42. The van der Waals surface area contributed by atoms with Crippen LogP contribution in [0.15, 0.2) is 53.6 Å². The molecule has 6 heteroatoms. The number of benzene rings is 2. The minimum absolute atomic E-state index is 0.129. The van der Waals surface area contributed by atoms with Crippen LogP contribution in [-0.2, 0) is 0 Å². The Labute approximate surface area is 138 Å². The molecule has 23 heavy (non-hydrogen) atoms. The van der Waals surface area contributed by atoms with E-state index in [1.807, 2.05) is 12.1 Å². The molecule has 3 rings (SSSR count). The van der Waals surface area contributed by atoms with Crippen molar-refractivity contribution in [1.82, 2.24) is 4.90 Å². The monoisotopic (exact) mass is 327 g/mol. The fourth-order valence-corrected chi connectivity index (χ4v) is 2.53. The highest BCUT2D eigenvalue weighted by molar-refractivity contribution is 6.33. The fourth-order valence-electron chi connectivity index (χ4n) is 2.35. The molecule has 1 heterocycles. The van der Waals surface area contributed by atoms with Gasteiger partial charge in [0, 0.05) is 0 Å². The zero-order chi connectivity index (χ0) is 16.4. The van der Waals surface area contributed by atoms with Gasteiger partial charge in [0.15, 0.2) is 0 Å². The molecule has 2 amide bonds. The maximum atomic E-state index is 12.3. The Kier molecular flexibility index (Phi) is 4.12. The lowest BCUT2D eigenvalue weighted by Gasteiger charge is -2.13. The lowest BCUT2D eigenvalue weighted by molar-refractivity contribution is 0.0677. The van der Waals surface area contributed by atoms with Gasteiger partial charge < -0.3 is 0 Å². The molecule has 1 aliphatic heterocycles. The largest absolute Gasteiger partial charge is 0.277 e. The van der Waals surface area contributed by atoms with Gasteiger partial charge in [0.05, 0.1) is 34.1 Å². The van der Waals surface area contributed by atoms with Gasteiger partial charge in [-0.15, -0.1) is 0 Å². The van der Waals surface area contributed by atoms with Gasteiger partial charge in [-0.05, 0) is 31.2 Å². The van der Waals surface area contributed by atoms with Gasteiger partial charge in [-0.2, -0.15) is 5.10 Å². The van der Waals surface area contributed by atoms with Gasteiger partial charge in [0.25, 0.3) is 11.8 Å². The van der Waals surface area contributed by atoms with Crippen molar-refractivity contribution in [3.8, 4) is 0 Å². The second-order valence-electron chi connectivity index (χ2n) is 5.18. The number of anilines is 1. The van der Waals surface area contributed by atoms with E-state index in [9.17, 15) is 9.59 Å². The second-order valence-corrected chi connectivity index (χ2v) is 5.59. The number of fused-ring (bicyclic) bond motifs is 1. The number of imide groups is 1. The molecule has 116 valence electrons. The molecule has 2 aromatic carbocycles. The van der Waals surface area contributed by atoms with Crippen LogP contribution >= 0.6 is 11.6 Å². The van der Waals surface area contributed by atoms with Gasteiger partial charge in [-0.25, -0.2) is 0 Å². The van der Waals surface area contributed by atoms with Crippen LogP contribution in [0.2, 0.25) is 5.02 Å². The molecule has 1 N–H and O–H groups in total. The molecule has 0 fully saturated rings. The Bertz CT molecular complexity index is 782. The molecule has 0 bridgehead atoms. The third kappa shape index (κ3) is 2.96. The Morgan fingerprint density at radius 2 is 1.61 bits per heavy atom. The van der Waals surface area contributed by atoms with Crippen molar-refractivity contribution in [2.24, 2.45) is 5.10 Å². The van der Waals surface area contributed by atoms with Crippen LogP contribution in [-0.4, -0.2) is 29.0 Å². The van der Waals surface area contributed by atoms with E-state index in [4.69, 9.17) is 11.6 Å². The highest BCUT2D eigenvalue weighted by Crippen LogP contribution is 2.23. The number of amides is 2. The number of rotatable bonds is 4. The first-order chi connectivity index (χ1) is 11.1. The topological polar surface area (TPSA) is 61.8 Å². The van der Waals surface area contributed by atoms with Crippen LogP contribution in [0.5, 0.6) is 0 Å². The molecule has 0 saturated carbocycles. The fraction of sp³-hybridized carbons (Fsp3) is 0.118. The number of hydrogen-bond acceptors (Lipinski definition) is 4. The van der Waals surface area contributed by atoms with Crippen molar-refractivity contribution in [3.63, 3.8) is 0 Å². The van der Waals surface area contributed by atoms with Crippen LogP contribution in [0.1, 0.15) is 27.6 Å². The Hall–Kier alpha value is -2.66. The van der Waals surface area contributed by atoms with E-state index in [-0.39, 0.29) is 18.4 Å². The first-order valence-electron chi connectivity index (χ1n) is 7.07. The Morgan fingerprint density at radius 3 is 2.22 bits per heavy atom. The van der Waals surface area contributed by atoms with Crippen molar-refractivity contribution in [2.75, 3.05) is 12.0 Å². The van der Waals surface area contributed by atoms with Gasteiger partial charge in [0.2, 0.25) is 0 Å². The summed E-state index contributed by atoms with van der Waals surface area (Å²) >= 11 is 6.03. The van der Waals surface area contributed by atoms with Crippen molar-refractivity contribution in [3.05, 3.63) is 64.7 Å². The molecule has 0 atom stereocenters. The van der Waals surface area contributed by atoms with E-state index in [1.165, 1.54) is 4.90 Å². The zero-order valence-electron chi connectivity index (χ0n) is 12.4. The van der Waals surface area contributed by atoms with Crippen molar-refractivity contribution < 1.29 is 9.59 Å². The van der Waals surface area contributed by atoms with Gasteiger partial charge in [0.1, 0.15) is 0 Å². The molecular formula is C17H14ClN3O2. The standard InChI is InChI=1S/C17H14ClN3O2/c1-11(19-20-15-9-5-4-8-14(15)18)10-21-16(22)12-6-2-3-7-13(12)17(21)23/h2-9,20H,10H2,1H3/b19-11-. The Balaban J connectivity index is 1.73. The number of hydrazone groups is 1. The normalized spacial score (nSPS) is 14.2. The summed E-state index contributed by atoms with van der Waals surface area (Å²) in [4.78, 5) is 25.8. The van der Waals surface area contributed by atoms with Crippen molar-refractivity contribution >= 4 is 34.8 Å². The van der Waals surface area contributed by atoms with E-state index in [0.29, 0.717) is 27.5 Å². The van der Waals surface area contributed by atoms with Gasteiger partial charge >= 0.3 is 0 Å². The first-order valence-corrected chi connectivity index (χ1v) is 7.44. The number of nitrogens with zero attached hydrogens (tertiary/aromatic N) is 2. The Morgan fingerprint density at radius 1 is 1.04 bits per heavy atom. The van der Waals surface area contributed by atoms with Gasteiger partial charge in [-0.3, -0.25) is 19.9 Å². The summed E-state index contributed by atoms with van der Waals surface area (Å²) in [5.74, 6) is -0.587. The minimum Gasteiger partial charge on any atom is -0.277 e. The number of hydrogen-bond donors (Lipinski definition) is 1. The number of carbonyl (C=O) groups excluding carboxylic acids is 2. The lowest BCUT2D eigenvalue weighted by Crippen LogP contribution is -2.34. The molecule has 0 aromatic heterocycles. The van der Waals surface area contributed by atoms with Gasteiger partial charge in [-0.1, -0.05) is 35.9 Å². The SMILES string of the molecule is C/C(CN1C(=O)c2ccccc2C1=O)=N/Nc1ccccc1Cl. The van der Waals surface area contributed by atoms with Crippen molar-refractivity contribution in [1.29, 1.82) is 0 Å². The number of carbonyl (C=O) groups is 2. The molecule has 0 radical (unpaired) electrons. The minimum atomic E-state index is -0.294. The predicted molar refractivity (Wildman–Crippen MR) is 90.0 cm³/mol. The first kappa shape index (κ1) is 15.2. The quantitative estimate of drug-likeness (QED) is 0.531. The third-order valence-electron chi connectivity index (χ3n) is 3.51. The third-order valence-corrected chi connectivity index (χ3v) is 3.84. The molecular weight excluding hydrogens is 314 g/mol. The highest BCUT2D eigenvalue weighted by atomic mass is 35.5. The van der Waals surface area contributed by atoms with Crippen LogP contribution < -0.4 is 5.43 Å². The van der Waals surface area contributed by atoms with Crippen LogP contribution in [0.4, 0.5) is 5.69 Å². The summed E-state index contributed by atoms with van der Waals surface area (Å²) in [5.41, 5.74) is 4.97. The smallest absolute Gasteiger partial charge is 0.261 e. The maximum absolute atomic E-state index is 12.3. The molecule has 0 aliphatic carbocycles. The molecule has 0 unspecified atom stereocenters. The van der Waals surface area contributed by atoms with Crippen LogP contribution in [0.25, 0.3) is 0 Å². The number of nitrogens with one attached hydrogen (secondary N) is 1. The van der Waals surface area contributed by atoms with Crippen LogP contribution in [0, 0.1) is 0 Å². The lowest BCUT2D eigenvalue weighted by atomic mass is 10.1. The average molecular weight is 328 g/mol. The van der Waals surface area contributed by atoms with E-state index >= 15 is 0 Å². The summed E-state index contributed by atoms with van der Waals surface area (Å²) in [7, 11) is 0. The molecule has 1 aliphatic rings. The summed E-state index contributed by atoms with van der Waals surface area (Å²) < 4.78 is 0. The second kappa shape index (κ2) is 6.22. The highest BCUT2D eigenvalue weighted by Gasteiger charge is 2.35. The average Bonchev–Trinajstić information content (AvgIpc) is 2.80.